The molecule has 1 N–H and O–H groups in total. The largest absolute Gasteiger partial charge is 0.444 e. The number of hydrogen-bond donors (Lipinski definition) is 1. The SMILES string of the molecule is CC(C)(C)OC(=O)N1CC(n2cc(Cn3c(-c4ccccc4)cc4ccccc43)nn2)C[C@H]1C(=O)N1CCc2[nH]cnc2C1c1ccc(Br)cc1. The zero-order chi connectivity index (χ0) is 35.3. The minimum Gasteiger partial charge on any atom is -0.444 e. The van der Waals surface area contributed by atoms with Gasteiger partial charge in [-0.15, -0.1) is 5.10 Å². The third-order valence-electron chi connectivity index (χ3n) is 9.72. The quantitative estimate of drug-likeness (QED) is 0.194. The van der Waals surface area contributed by atoms with E-state index in [1.165, 1.54) is 0 Å². The minimum atomic E-state index is -0.756. The number of H-pyrrole nitrogens is 1. The fourth-order valence-corrected chi connectivity index (χ4v) is 7.67. The number of benzene rings is 3. The normalized spacial score (nSPS) is 19.0. The van der Waals surface area contributed by atoms with E-state index in [-0.39, 0.29) is 18.5 Å². The molecule has 2 aliphatic rings. The number of nitrogens with one attached hydrogen (secondary N) is 1. The molecule has 1 fully saturated rings. The molecule has 0 spiro atoms. The molecule has 0 bridgehead atoms. The summed E-state index contributed by atoms with van der Waals surface area (Å²) in [5.74, 6) is -0.142. The first-order valence-electron chi connectivity index (χ1n) is 17.2. The molecule has 8 rings (SSSR count). The van der Waals surface area contributed by atoms with E-state index in [4.69, 9.17) is 4.74 Å². The van der Waals surface area contributed by atoms with Crippen LogP contribution in [0.25, 0.3) is 22.2 Å². The molecule has 11 nitrogen and oxygen atoms in total. The van der Waals surface area contributed by atoms with Crippen LogP contribution in [-0.2, 0) is 22.5 Å². The molecule has 260 valence electrons. The Bertz CT molecular complexity index is 2200. The second-order valence-corrected chi connectivity index (χ2v) is 15.2. The number of amides is 2. The standard InChI is InChI=1S/C39H39BrN8O3/c1-39(2,3)51-38(50)47-23-30(20-34(47)37(49)45-18-17-31-35(42-24-41-31)36(45)26-13-15-28(40)16-14-26)48-22-29(43-44-48)21-46-32-12-8-7-11-27(32)19-33(46)25-9-5-4-6-10-25/h4-16,19,22,24,30,34,36H,17-18,20-21,23H2,1-3H3,(H,41,42)/t30?,34-,36?/m0/s1. The highest BCUT2D eigenvalue weighted by Crippen LogP contribution is 2.38. The van der Waals surface area contributed by atoms with Crippen LogP contribution in [0.4, 0.5) is 4.79 Å². The zero-order valence-electron chi connectivity index (χ0n) is 28.7. The van der Waals surface area contributed by atoms with Crippen molar-refractivity contribution in [2.45, 2.75) is 63.9 Å². The Balaban J connectivity index is 1.10. The summed E-state index contributed by atoms with van der Waals surface area (Å²) in [4.78, 5) is 39.8. The Morgan fingerprint density at radius 3 is 2.53 bits per heavy atom. The van der Waals surface area contributed by atoms with Gasteiger partial charge in [-0.1, -0.05) is 81.8 Å². The van der Waals surface area contributed by atoms with Crippen molar-refractivity contribution in [3.8, 4) is 11.3 Å². The van der Waals surface area contributed by atoms with Crippen LogP contribution in [0.5, 0.6) is 0 Å². The van der Waals surface area contributed by atoms with Gasteiger partial charge in [0.05, 0.1) is 30.8 Å². The first-order chi connectivity index (χ1) is 24.6. The molecule has 2 aliphatic heterocycles. The van der Waals surface area contributed by atoms with Crippen molar-refractivity contribution in [2.75, 3.05) is 13.1 Å². The number of ether oxygens (including phenoxy) is 1. The molecule has 6 aromatic rings. The second-order valence-electron chi connectivity index (χ2n) is 14.3. The Morgan fingerprint density at radius 2 is 1.75 bits per heavy atom. The highest BCUT2D eigenvalue weighted by molar-refractivity contribution is 9.10. The molecule has 2 amide bonds. The Morgan fingerprint density at radius 1 is 0.980 bits per heavy atom. The number of hydrogen-bond acceptors (Lipinski definition) is 6. The van der Waals surface area contributed by atoms with Crippen LogP contribution < -0.4 is 0 Å². The zero-order valence-corrected chi connectivity index (χ0v) is 30.3. The number of carbonyl (C=O) groups is 2. The summed E-state index contributed by atoms with van der Waals surface area (Å²) in [5.41, 5.74) is 6.16. The molecular formula is C39H39BrN8O3. The fourth-order valence-electron chi connectivity index (χ4n) is 7.41. The molecular weight excluding hydrogens is 708 g/mol. The number of rotatable bonds is 6. The van der Waals surface area contributed by atoms with Crippen LogP contribution in [0.3, 0.4) is 0 Å². The number of fused-ring (bicyclic) bond motifs is 2. The van der Waals surface area contributed by atoms with Crippen molar-refractivity contribution in [2.24, 2.45) is 0 Å². The molecule has 2 unspecified atom stereocenters. The van der Waals surface area contributed by atoms with E-state index < -0.39 is 23.8 Å². The van der Waals surface area contributed by atoms with Crippen molar-refractivity contribution in [3.63, 3.8) is 0 Å². The van der Waals surface area contributed by atoms with Crippen molar-refractivity contribution in [1.29, 1.82) is 0 Å². The van der Waals surface area contributed by atoms with E-state index in [2.05, 4.69) is 71.1 Å². The second kappa shape index (κ2) is 13.1. The van der Waals surface area contributed by atoms with Gasteiger partial charge in [-0.2, -0.15) is 0 Å². The van der Waals surface area contributed by atoms with E-state index in [0.717, 1.165) is 49.3 Å². The number of likely N-dealkylation sites (tertiary alicyclic amines) is 1. The Labute approximate surface area is 304 Å². The Kier molecular flexibility index (Phi) is 8.49. The minimum absolute atomic E-state index is 0.142. The number of nitrogens with zero attached hydrogens (tertiary/aromatic N) is 7. The molecule has 51 heavy (non-hydrogen) atoms. The lowest BCUT2D eigenvalue weighted by atomic mass is 9.94. The summed E-state index contributed by atoms with van der Waals surface area (Å²) < 4.78 is 10.9. The van der Waals surface area contributed by atoms with Crippen molar-refractivity contribution >= 4 is 38.8 Å². The first kappa shape index (κ1) is 32.9. The monoisotopic (exact) mass is 746 g/mol. The number of imidazole rings is 1. The van der Waals surface area contributed by atoms with Crippen LogP contribution in [0.2, 0.25) is 0 Å². The van der Waals surface area contributed by atoms with Gasteiger partial charge < -0.3 is 19.2 Å². The maximum atomic E-state index is 14.7. The molecule has 0 radical (unpaired) electrons. The molecule has 0 aliphatic carbocycles. The van der Waals surface area contributed by atoms with Gasteiger partial charge in [-0.05, 0) is 56.2 Å². The van der Waals surface area contributed by atoms with Crippen LogP contribution >= 0.6 is 15.9 Å². The van der Waals surface area contributed by atoms with Crippen LogP contribution in [0.1, 0.15) is 61.9 Å². The predicted molar refractivity (Wildman–Crippen MR) is 197 cm³/mol. The first-order valence-corrected chi connectivity index (χ1v) is 18.0. The average Bonchev–Trinajstić information content (AvgIpc) is 3.94. The number of carbonyl (C=O) groups excluding carboxylic acids is 2. The maximum absolute atomic E-state index is 14.7. The van der Waals surface area contributed by atoms with Gasteiger partial charge in [0.2, 0.25) is 5.91 Å². The molecule has 3 aromatic carbocycles. The van der Waals surface area contributed by atoms with Crippen molar-refractivity contribution < 1.29 is 14.3 Å². The lowest BCUT2D eigenvalue weighted by Crippen LogP contribution is -2.51. The molecule has 0 saturated carbocycles. The number of aromatic nitrogens is 6. The van der Waals surface area contributed by atoms with E-state index in [1.807, 2.05) is 91.1 Å². The lowest BCUT2D eigenvalue weighted by molar-refractivity contribution is -0.138. The predicted octanol–water partition coefficient (Wildman–Crippen LogP) is 7.16. The van der Waals surface area contributed by atoms with E-state index in [1.54, 1.807) is 11.2 Å². The van der Waals surface area contributed by atoms with Crippen LogP contribution in [0.15, 0.2) is 102 Å². The van der Waals surface area contributed by atoms with Gasteiger partial charge in [0, 0.05) is 52.7 Å². The number of para-hydroxylation sites is 1. The van der Waals surface area contributed by atoms with Gasteiger partial charge in [0.15, 0.2) is 0 Å². The fraction of sp³-hybridized carbons (Fsp3) is 0.308. The van der Waals surface area contributed by atoms with Crippen molar-refractivity contribution in [3.05, 3.63) is 125 Å². The summed E-state index contributed by atoms with van der Waals surface area (Å²) >= 11 is 3.54. The Hall–Kier alpha value is -5.23. The van der Waals surface area contributed by atoms with Gasteiger partial charge >= 0.3 is 6.09 Å². The lowest BCUT2D eigenvalue weighted by Gasteiger charge is -2.38. The molecule has 3 aromatic heterocycles. The molecule has 12 heteroatoms. The third kappa shape index (κ3) is 6.44. The summed E-state index contributed by atoms with van der Waals surface area (Å²) in [7, 11) is 0. The van der Waals surface area contributed by atoms with Crippen LogP contribution in [0, 0.1) is 0 Å². The summed E-state index contributed by atoms with van der Waals surface area (Å²) in [6.07, 6.45) is 4.12. The third-order valence-corrected chi connectivity index (χ3v) is 10.2. The molecule has 1 saturated heterocycles. The van der Waals surface area contributed by atoms with Crippen molar-refractivity contribution in [1.82, 2.24) is 39.3 Å². The van der Waals surface area contributed by atoms with Gasteiger partial charge in [0.1, 0.15) is 23.4 Å². The molecule has 3 atom stereocenters. The number of aromatic amines is 1. The number of halogens is 1. The van der Waals surface area contributed by atoms with E-state index >= 15 is 0 Å². The van der Waals surface area contributed by atoms with Crippen LogP contribution in [-0.4, -0.2) is 76.1 Å². The summed E-state index contributed by atoms with van der Waals surface area (Å²) in [5, 5.41) is 10.3. The van der Waals surface area contributed by atoms with E-state index in [9.17, 15) is 9.59 Å². The smallest absolute Gasteiger partial charge is 0.411 e. The van der Waals surface area contributed by atoms with Gasteiger partial charge in [0.25, 0.3) is 0 Å². The van der Waals surface area contributed by atoms with Gasteiger partial charge in [-0.3, -0.25) is 9.69 Å². The topological polar surface area (TPSA) is 114 Å². The average molecular weight is 748 g/mol. The highest BCUT2D eigenvalue weighted by Gasteiger charge is 2.46. The van der Waals surface area contributed by atoms with Gasteiger partial charge in [-0.25, -0.2) is 14.5 Å². The van der Waals surface area contributed by atoms with E-state index in [0.29, 0.717) is 25.9 Å². The highest BCUT2D eigenvalue weighted by atomic mass is 79.9. The molecule has 5 heterocycles. The maximum Gasteiger partial charge on any atom is 0.411 e. The summed E-state index contributed by atoms with van der Waals surface area (Å²) in [6, 6.07) is 27.4. The summed E-state index contributed by atoms with van der Waals surface area (Å²) in [6.45, 7) is 6.76.